The van der Waals surface area contributed by atoms with Gasteiger partial charge in [0.1, 0.15) is 36.5 Å². The van der Waals surface area contributed by atoms with Gasteiger partial charge in [-0.2, -0.15) is 13.5 Å². The van der Waals surface area contributed by atoms with Crippen molar-refractivity contribution in [3.05, 3.63) is 136 Å². The maximum Gasteiger partial charge on any atom is 0.410 e. The lowest BCUT2D eigenvalue weighted by atomic mass is 9.39. The Bertz CT molecular complexity index is 4680. The van der Waals surface area contributed by atoms with E-state index in [1.165, 1.54) is 30.4 Å². The number of aliphatic hydroxyl groups is 3. The van der Waals surface area contributed by atoms with Crippen LogP contribution in [-0.2, 0) is 92.1 Å². The zero-order chi connectivity index (χ0) is 79.6. The molecule has 5 fully saturated rings. The molecule has 3 aromatic carbocycles. The van der Waals surface area contributed by atoms with Gasteiger partial charge < -0.3 is 54.9 Å². The minimum absolute atomic E-state index is 0.0346. The monoisotopic (exact) mass is 1570 g/mol. The highest BCUT2D eigenvalue weighted by atomic mass is 32.2. The highest BCUT2D eigenvalue weighted by Crippen LogP contribution is 2.72. The van der Waals surface area contributed by atoms with E-state index in [1.54, 1.807) is 56.4 Å². The van der Waals surface area contributed by atoms with Crippen molar-refractivity contribution in [2.45, 2.75) is 200 Å². The van der Waals surface area contributed by atoms with E-state index in [0.29, 0.717) is 109 Å². The number of aryl methyl sites for hydroxylation is 1. The van der Waals surface area contributed by atoms with Crippen LogP contribution in [-0.4, -0.2) is 202 Å². The molecule has 111 heavy (non-hydrogen) atoms. The van der Waals surface area contributed by atoms with E-state index in [9.17, 15) is 81.7 Å². The molecule has 594 valence electrons. The number of anilines is 2. The predicted molar refractivity (Wildman–Crippen MR) is 407 cm³/mol. The van der Waals surface area contributed by atoms with Gasteiger partial charge >= 0.3 is 18.0 Å². The fourth-order valence-electron chi connectivity index (χ4n) is 18.6. The minimum atomic E-state index is -4.62. The number of ketones is 2. The summed E-state index contributed by atoms with van der Waals surface area (Å²) in [4.78, 5) is 132. The molecule has 9 atom stereocenters. The number of ether oxygens (including phenoxy) is 3. The first-order valence-electron chi connectivity index (χ1n) is 37.8. The number of Topliss-reactive ketones (excluding diaryl/α,β-unsaturated/α-hetero) is 2. The predicted octanol–water partition coefficient (Wildman–Crippen LogP) is 8.24. The number of fused-ring (bicyclic) bond motifs is 2. The van der Waals surface area contributed by atoms with Crippen LogP contribution in [0.15, 0.2) is 91.1 Å². The van der Waals surface area contributed by atoms with Crippen LogP contribution in [0.4, 0.5) is 15.7 Å². The summed E-state index contributed by atoms with van der Waals surface area (Å²) in [5.41, 5.74) is 4.53. The van der Waals surface area contributed by atoms with E-state index in [-0.39, 0.29) is 103 Å². The summed E-state index contributed by atoms with van der Waals surface area (Å²) >= 11 is 1.39. The van der Waals surface area contributed by atoms with Crippen LogP contribution < -0.4 is 15.5 Å². The van der Waals surface area contributed by atoms with Gasteiger partial charge in [0, 0.05) is 99.0 Å². The Kier molecular flexibility index (Phi) is 24.3. The van der Waals surface area contributed by atoms with Crippen LogP contribution in [0.25, 0.3) is 21.3 Å². The SMILES string of the molecule is Cc1c(-c2ccc(N3CCc4cccc(C(=O)Nc5nc6ccccc6s5)c4C3)nc2C(=O)O)cnn1CC12CC3(C)CC(C)(C1)CC(OCCN(CCS(=O)(=O)O)C(=O)OCc1ccc(CC(=O)[C@H](C)NC(=O)[C@@H](CC(=O)CCCCCN4C(=O)C=CC4=O)C(C)C)cc1CC[C@@H]1O[C@H](C(=O)O)[C@@H](O)[C@H](O)[C@H]1O)(C3)C2. The van der Waals surface area contributed by atoms with E-state index in [1.807, 2.05) is 52.9 Å². The normalized spacial score (nSPS) is 24.6. The molecule has 4 aliphatic carbocycles. The second-order valence-corrected chi connectivity index (χ2v) is 34.9. The minimum Gasteiger partial charge on any atom is -0.479 e. The molecule has 4 saturated carbocycles. The Morgan fingerprint density at radius 3 is 2.26 bits per heavy atom. The van der Waals surface area contributed by atoms with Crippen molar-refractivity contribution < 1.29 is 95.9 Å². The number of para-hydroxylation sites is 1. The second kappa shape index (κ2) is 33.2. The van der Waals surface area contributed by atoms with E-state index in [2.05, 4.69) is 29.5 Å². The molecule has 1 saturated heterocycles. The largest absolute Gasteiger partial charge is 0.479 e. The number of imide groups is 1. The lowest BCUT2D eigenvalue weighted by Crippen LogP contribution is -2.64. The third-order valence-corrected chi connectivity index (χ3v) is 24.6. The van der Waals surface area contributed by atoms with Crippen LogP contribution in [0.2, 0.25) is 0 Å². The summed E-state index contributed by atoms with van der Waals surface area (Å²) in [7, 11) is -4.62. The molecule has 31 heteroatoms. The van der Waals surface area contributed by atoms with Gasteiger partial charge in [0.05, 0.1) is 46.5 Å². The molecule has 4 bridgehead atoms. The fraction of sp³-hybridized carbons (Fsp3) is 0.525. The van der Waals surface area contributed by atoms with Crippen LogP contribution in [0.1, 0.15) is 166 Å². The Morgan fingerprint density at radius 2 is 1.56 bits per heavy atom. The van der Waals surface area contributed by atoms with E-state index in [4.69, 9.17) is 24.3 Å². The molecule has 2 unspecified atom stereocenters. The maximum absolute atomic E-state index is 14.4. The number of carboxylic acid groups (broad SMARTS) is 2. The number of carbonyl (C=O) groups excluding carboxylic acids is 7. The second-order valence-electron chi connectivity index (χ2n) is 32.3. The molecular weight excluding hydrogens is 1470 g/mol. The molecular formula is C80H97N9O20S2. The fourth-order valence-corrected chi connectivity index (χ4v) is 19.9. The number of nitrogens with zero attached hydrogens (tertiary/aromatic N) is 7. The number of unbranched alkanes of at least 4 members (excludes halogenated alkanes) is 2. The molecule has 5 amide bonds. The van der Waals surface area contributed by atoms with Crippen molar-refractivity contribution in [3.8, 4) is 11.1 Å². The summed E-state index contributed by atoms with van der Waals surface area (Å²) < 4.78 is 56.1. The topological polar surface area (TPSA) is 414 Å². The first kappa shape index (κ1) is 81.3. The van der Waals surface area contributed by atoms with Gasteiger partial charge in [0.15, 0.2) is 22.7 Å². The average Bonchev–Trinajstić information content (AvgIpc) is 0.738. The number of aromatic nitrogens is 4. The van der Waals surface area contributed by atoms with Crippen molar-refractivity contribution in [2.75, 3.05) is 48.8 Å². The van der Waals surface area contributed by atoms with Crippen molar-refractivity contribution >= 4 is 95.8 Å². The molecule has 3 aliphatic heterocycles. The van der Waals surface area contributed by atoms with Crippen molar-refractivity contribution in [1.82, 2.24) is 34.9 Å². The van der Waals surface area contributed by atoms with E-state index >= 15 is 0 Å². The number of aliphatic carboxylic acids is 1. The van der Waals surface area contributed by atoms with Crippen LogP contribution in [0.3, 0.4) is 0 Å². The highest BCUT2D eigenvalue weighted by molar-refractivity contribution is 7.85. The molecule has 7 aliphatic rings. The Hall–Kier alpha value is -9.21. The number of carboxylic acids is 2. The number of carbonyl (C=O) groups is 9. The first-order chi connectivity index (χ1) is 52.6. The summed E-state index contributed by atoms with van der Waals surface area (Å²) in [6.07, 6.45) is 0.900. The number of amides is 5. The standard InChI is InChI=1S/C80H97N9O20S2/c1-46(2)56(35-53(90)14-8-7-11-27-88-64(92)24-25-65(88)93)72(98)82-47(3)60(91)34-49-18-19-52(51(33-49)20-22-61-67(94)68(95)69(96)70(109-61)74(101)102)38-107-76(103)86(30-32-111(104,105)106)29-31-108-80-42-77(5)39-78(6,43-80)41-79(40-77,44-80)45-89-48(4)57(36-81-89)54-21-23-63(84-66(54)73(99)100)87-28-26-50-13-12-15-55(58(50)37-87)71(97)85-75-83-59-16-9-10-17-62(59)110-75/h9-10,12-13,15-19,21,23-25,33,36,46-47,56,61,67-70,94-96H,7-8,11,14,20,22,26-32,34-35,37-45H2,1-6H3,(H,82,98)(H,99,100)(H,101,102)(H,83,85,97)(H,104,105,106)/t47-,56-,61-,67-,68+,69-,70-,77?,78?,79?,80?/m0/s1. The van der Waals surface area contributed by atoms with Crippen molar-refractivity contribution in [3.63, 3.8) is 0 Å². The number of aromatic carboxylic acids is 1. The third kappa shape index (κ3) is 18.8. The van der Waals surface area contributed by atoms with Crippen molar-refractivity contribution in [2.24, 2.45) is 28.1 Å². The number of rotatable bonds is 34. The van der Waals surface area contributed by atoms with Crippen LogP contribution in [0.5, 0.6) is 0 Å². The van der Waals surface area contributed by atoms with Gasteiger partial charge in [0.2, 0.25) is 5.91 Å². The Balaban J connectivity index is 0.700. The molecule has 6 aromatic rings. The molecule has 8 N–H and O–H groups in total. The number of thiazole rings is 1. The van der Waals surface area contributed by atoms with Crippen LogP contribution in [0, 0.1) is 35.0 Å². The number of nitrogens with one attached hydrogen (secondary N) is 2. The summed E-state index contributed by atoms with van der Waals surface area (Å²) in [6.45, 7) is 12.0. The van der Waals surface area contributed by atoms with Crippen LogP contribution >= 0.6 is 11.3 Å². The number of hydrogen-bond acceptors (Lipinski definition) is 22. The van der Waals surface area contributed by atoms with Crippen molar-refractivity contribution in [1.29, 1.82) is 0 Å². The third-order valence-electron chi connectivity index (χ3n) is 22.9. The van der Waals surface area contributed by atoms with E-state index < -0.39 is 107 Å². The Morgan fingerprint density at radius 1 is 0.820 bits per heavy atom. The zero-order valence-electron chi connectivity index (χ0n) is 63.1. The lowest BCUT2D eigenvalue weighted by Gasteiger charge is -2.69. The smallest absolute Gasteiger partial charge is 0.410 e. The molecule has 13 rings (SSSR count). The van der Waals surface area contributed by atoms with Gasteiger partial charge in [-0.05, 0) is 165 Å². The maximum atomic E-state index is 14.4. The summed E-state index contributed by atoms with van der Waals surface area (Å²) in [5.74, 6) is -6.34. The number of pyridine rings is 1. The number of hydrogen-bond donors (Lipinski definition) is 8. The summed E-state index contributed by atoms with van der Waals surface area (Å²) in [5, 5.41) is 63.9. The Labute approximate surface area is 646 Å². The molecule has 3 aromatic heterocycles. The molecule has 29 nitrogen and oxygen atoms in total. The average molecular weight is 1570 g/mol. The zero-order valence-corrected chi connectivity index (χ0v) is 64.7. The number of benzene rings is 3. The van der Waals surface area contributed by atoms with Gasteiger partial charge in [0.25, 0.3) is 27.8 Å². The summed E-state index contributed by atoms with van der Waals surface area (Å²) in [6, 6.07) is 20.6. The first-order valence-corrected chi connectivity index (χ1v) is 40.2. The molecule has 0 spiro atoms. The van der Waals surface area contributed by atoms with E-state index in [0.717, 1.165) is 56.1 Å². The van der Waals surface area contributed by atoms with Gasteiger partial charge in [-0.1, -0.05) is 87.9 Å². The molecule has 6 heterocycles. The molecule has 0 radical (unpaired) electrons. The quantitative estimate of drug-likeness (QED) is 0.0107. The number of aliphatic hydroxyl groups excluding tert-OH is 3. The van der Waals surface area contributed by atoms with Gasteiger partial charge in [-0.3, -0.25) is 48.2 Å². The highest BCUT2D eigenvalue weighted by Gasteiger charge is 2.66. The van der Waals surface area contributed by atoms with Gasteiger partial charge in [-0.25, -0.2) is 24.4 Å². The van der Waals surface area contributed by atoms with Gasteiger partial charge in [-0.15, -0.1) is 0 Å². The lowest BCUT2D eigenvalue weighted by molar-refractivity contribution is -0.248.